The van der Waals surface area contributed by atoms with Crippen LogP contribution >= 0.6 is 0 Å². The van der Waals surface area contributed by atoms with Gasteiger partial charge in [0.2, 0.25) is 5.91 Å². The van der Waals surface area contributed by atoms with E-state index in [-0.39, 0.29) is 11.8 Å². The molecular formula is C24H27N5O2. The molecule has 7 heteroatoms. The smallest absolute Gasteiger partial charge is 0.223 e. The van der Waals surface area contributed by atoms with Crippen LogP contribution in [0, 0.1) is 5.92 Å². The van der Waals surface area contributed by atoms with Crippen LogP contribution in [0.15, 0.2) is 60.9 Å². The molecule has 4 rings (SSSR count). The molecule has 160 valence electrons. The molecule has 0 spiro atoms. The minimum atomic E-state index is 0.0520. The number of methoxy groups -OCH3 is 1. The number of benzene rings is 1. The Morgan fingerprint density at radius 3 is 2.42 bits per heavy atom. The Labute approximate surface area is 182 Å². The third kappa shape index (κ3) is 5.36. The fourth-order valence-electron chi connectivity index (χ4n) is 3.81. The maximum atomic E-state index is 12.6. The lowest BCUT2D eigenvalue weighted by atomic mass is 9.96. The van der Waals surface area contributed by atoms with E-state index in [1.807, 2.05) is 48.5 Å². The van der Waals surface area contributed by atoms with Gasteiger partial charge in [-0.15, -0.1) is 10.2 Å². The van der Waals surface area contributed by atoms with Crippen molar-refractivity contribution >= 4 is 11.7 Å². The van der Waals surface area contributed by atoms with Crippen LogP contribution in [0.5, 0.6) is 5.75 Å². The maximum absolute atomic E-state index is 12.6. The van der Waals surface area contributed by atoms with Gasteiger partial charge in [0.05, 0.1) is 12.8 Å². The summed E-state index contributed by atoms with van der Waals surface area (Å²) >= 11 is 0. The van der Waals surface area contributed by atoms with Gasteiger partial charge < -0.3 is 15.0 Å². The van der Waals surface area contributed by atoms with Gasteiger partial charge in [-0.25, -0.2) is 0 Å². The molecule has 1 aromatic carbocycles. The minimum absolute atomic E-state index is 0.0520. The molecule has 0 aliphatic carbocycles. The Morgan fingerprint density at radius 2 is 1.77 bits per heavy atom. The lowest BCUT2D eigenvalue weighted by molar-refractivity contribution is -0.125. The molecular weight excluding hydrogens is 390 g/mol. The van der Waals surface area contributed by atoms with Crippen LogP contribution in [0.4, 0.5) is 5.82 Å². The second-order valence-electron chi connectivity index (χ2n) is 7.66. The van der Waals surface area contributed by atoms with Gasteiger partial charge >= 0.3 is 0 Å². The van der Waals surface area contributed by atoms with Crippen molar-refractivity contribution in [2.45, 2.75) is 19.3 Å². The van der Waals surface area contributed by atoms with Crippen LogP contribution in [0.1, 0.15) is 18.4 Å². The fourth-order valence-corrected chi connectivity index (χ4v) is 3.81. The van der Waals surface area contributed by atoms with E-state index in [1.165, 1.54) is 5.56 Å². The minimum Gasteiger partial charge on any atom is -0.497 e. The molecule has 1 aliphatic rings. The van der Waals surface area contributed by atoms with E-state index in [2.05, 4.69) is 25.4 Å². The van der Waals surface area contributed by atoms with Crippen LogP contribution in [0.25, 0.3) is 11.3 Å². The summed E-state index contributed by atoms with van der Waals surface area (Å²) in [4.78, 5) is 18.8. The first-order valence-corrected chi connectivity index (χ1v) is 10.6. The van der Waals surface area contributed by atoms with Crippen molar-refractivity contribution in [2.75, 3.05) is 31.6 Å². The number of nitrogens with zero attached hydrogens (tertiary/aromatic N) is 4. The van der Waals surface area contributed by atoms with Crippen LogP contribution in [0.3, 0.4) is 0 Å². The van der Waals surface area contributed by atoms with Crippen LogP contribution in [-0.2, 0) is 11.2 Å². The van der Waals surface area contributed by atoms with Gasteiger partial charge in [-0.05, 0) is 61.2 Å². The zero-order valence-corrected chi connectivity index (χ0v) is 17.7. The molecule has 7 nitrogen and oxygen atoms in total. The Hall–Kier alpha value is -3.48. The van der Waals surface area contributed by atoms with Crippen molar-refractivity contribution in [2.24, 2.45) is 5.92 Å². The highest BCUT2D eigenvalue weighted by molar-refractivity contribution is 5.79. The number of amides is 1. The quantitative estimate of drug-likeness (QED) is 0.636. The largest absolute Gasteiger partial charge is 0.497 e. The number of ether oxygens (including phenoxy) is 1. The highest BCUT2D eigenvalue weighted by Gasteiger charge is 2.25. The molecule has 3 heterocycles. The summed E-state index contributed by atoms with van der Waals surface area (Å²) in [5.74, 6) is 1.90. The van der Waals surface area contributed by atoms with E-state index in [4.69, 9.17) is 4.74 Å². The molecule has 1 aliphatic heterocycles. The summed E-state index contributed by atoms with van der Waals surface area (Å²) in [7, 11) is 1.66. The second-order valence-corrected chi connectivity index (χ2v) is 7.66. The summed E-state index contributed by atoms with van der Waals surface area (Å²) in [6.45, 7) is 2.26. The molecule has 0 radical (unpaired) electrons. The Bertz CT molecular complexity index is 969. The number of pyridine rings is 1. The molecule has 0 bridgehead atoms. The Morgan fingerprint density at radius 1 is 1.03 bits per heavy atom. The summed E-state index contributed by atoms with van der Waals surface area (Å²) in [6.07, 6.45) is 5.95. The summed E-state index contributed by atoms with van der Waals surface area (Å²) in [5, 5.41) is 11.8. The summed E-state index contributed by atoms with van der Waals surface area (Å²) in [6, 6.07) is 15.8. The predicted molar refractivity (Wildman–Crippen MR) is 120 cm³/mol. The van der Waals surface area contributed by atoms with Gasteiger partial charge in [-0.3, -0.25) is 9.78 Å². The highest BCUT2D eigenvalue weighted by Crippen LogP contribution is 2.23. The highest BCUT2D eigenvalue weighted by atomic mass is 16.5. The van der Waals surface area contributed by atoms with E-state index in [9.17, 15) is 4.79 Å². The lowest BCUT2D eigenvalue weighted by Gasteiger charge is -2.31. The van der Waals surface area contributed by atoms with Gasteiger partial charge in [0, 0.05) is 43.5 Å². The molecule has 3 aromatic rings. The maximum Gasteiger partial charge on any atom is 0.223 e. The van der Waals surface area contributed by atoms with Gasteiger partial charge in [0.15, 0.2) is 5.82 Å². The number of carbonyl (C=O) groups excluding carboxylic acids is 1. The van der Waals surface area contributed by atoms with Gasteiger partial charge in [-0.2, -0.15) is 0 Å². The van der Waals surface area contributed by atoms with Crippen molar-refractivity contribution in [3.8, 4) is 17.0 Å². The first kappa shape index (κ1) is 20.8. The number of aromatic nitrogens is 3. The van der Waals surface area contributed by atoms with Crippen LogP contribution in [0.2, 0.25) is 0 Å². The molecule has 0 saturated carbocycles. The number of rotatable bonds is 7. The Balaban J connectivity index is 1.23. The van der Waals surface area contributed by atoms with Crippen molar-refractivity contribution in [1.82, 2.24) is 20.5 Å². The number of hydrogen-bond donors (Lipinski definition) is 1. The third-order valence-electron chi connectivity index (χ3n) is 5.69. The second kappa shape index (κ2) is 10.0. The fraction of sp³-hybridized carbons (Fsp3) is 0.333. The van der Waals surface area contributed by atoms with Crippen LogP contribution < -0.4 is 15.0 Å². The lowest BCUT2D eigenvalue weighted by Crippen LogP contribution is -2.41. The first-order chi connectivity index (χ1) is 15.2. The first-order valence-electron chi connectivity index (χ1n) is 10.6. The van der Waals surface area contributed by atoms with E-state index in [0.29, 0.717) is 6.54 Å². The Kier molecular flexibility index (Phi) is 6.72. The summed E-state index contributed by atoms with van der Waals surface area (Å²) < 4.78 is 5.17. The summed E-state index contributed by atoms with van der Waals surface area (Å²) in [5.41, 5.74) is 3.01. The van der Waals surface area contributed by atoms with Crippen molar-refractivity contribution in [1.29, 1.82) is 0 Å². The number of piperidine rings is 1. The average Bonchev–Trinajstić information content (AvgIpc) is 2.85. The van der Waals surface area contributed by atoms with E-state index in [1.54, 1.807) is 19.5 Å². The molecule has 0 atom stereocenters. The topological polar surface area (TPSA) is 80.2 Å². The van der Waals surface area contributed by atoms with E-state index in [0.717, 1.165) is 55.2 Å². The SMILES string of the molecule is COc1ccc(CCNC(=O)C2CCN(c3ccc(-c4ccncc4)nn3)CC2)cc1. The predicted octanol–water partition coefficient (Wildman–Crippen LogP) is 3.12. The zero-order chi connectivity index (χ0) is 21.5. The van der Waals surface area contributed by atoms with Gasteiger partial charge in [0.1, 0.15) is 5.75 Å². The third-order valence-corrected chi connectivity index (χ3v) is 5.69. The number of nitrogens with one attached hydrogen (secondary N) is 1. The monoisotopic (exact) mass is 417 g/mol. The molecule has 31 heavy (non-hydrogen) atoms. The average molecular weight is 418 g/mol. The zero-order valence-electron chi connectivity index (χ0n) is 17.7. The van der Waals surface area contributed by atoms with E-state index >= 15 is 0 Å². The number of anilines is 1. The molecule has 1 fully saturated rings. The molecule has 1 N–H and O–H groups in total. The normalized spacial score (nSPS) is 14.3. The van der Waals surface area contributed by atoms with Crippen LogP contribution in [-0.4, -0.2) is 47.8 Å². The molecule has 1 saturated heterocycles. The molecule has 0 unspecified atom stereocenters. The van der Waals surface area contributed by atoms with Crippen molar-refractivity contribution in [3.05, 3.63) is 66.5 Å². The van der Waals surface area contributed by atoms with Crippen molar-refractivity contribution < 1.29 is 9.53 Å². The van der Waals surface area contributed by atoms with Gasteiger partial charge in [0.25, 0.3) is 0 Å². The molecule has 1 amide bonds. The number of carbonyl (C=O) groups is 1. The van der Waals surface area contributed by atoms with Crippen molar-refractivity contribution in [3.63, 3.8) is 0 Å². The number of hydrogen-bond acceptors (Lipinski definition) is 6. The van der Waals surface area contributed by atoms with E-state index < -0.39 is 0 Å². The molecule has 2 aromatic heterocycles. The standard InChI is InChI=1S/C24H27N5O2/c1-31-21-4-2-18(3-5-21)8-15-26-24(30)20-11-16-29(17-12-20)23-7-6-22(27-28-23)19-9-13-25-14-10-19/h2-7,9-10,13-14,20H,8,11-12,15-17H2,1H3,(H,26,30). The van der Waals surface area contributed by atoms with Gasteiger partial charge in [-0.1, -0.05) is 12.1 Å².